The molecule has 7 heteroatoms. The highest BCUT2D eigenvalue weighted by Gasteiger charge is 2.27. The predicted octanol–water partition coefficient (Wildman–Crippen LogP) is 2.31. The highest BCUT2D eigenvalue weighted by molar-refractivity contribution is 7.91. The van der Waals surface area contributed by atoms with Crippen molar-refractivity contribution in [2.24, 2.45) is 5.73 Å². The fraction of sp³-hybridized carbons (Fsp3) is 0.312. The smallest absolute Gasteiger partial charge is 0.313 e. The van der Waals surface area contributed by atoms with Crippen molar-refractivity contribution in [3.63, 3.8) is 0 Å². The maximum Gasteiger partial charge on any atom is 0.313 e. The number of aryl methyl sites for hydroxylation is 1. The van der Waals surface area contributed by atoms with E-state index in [2.05, 4.69) is 5.32 Å². The third kappa shape index (κ3) is 3.56. The number of carbonyl (C=O) groups is 1. The number of amides is 2. The largest absolute Gasteiger partial charge is 0.472 e. The first-order chi connectivity index (χ1) is 10.6. The third-order valence-electron chi connectivity index (χ3n) is 3.92. The Bertz CT molecular complexity index is 809. The van der Waals surface area contributed by atoms with E-state index in [-0.39, 0.29) is 4.90 Å². The van der Waals surface area contributed by atoms with E-state index < -0.39 is 27.2 Å². The second-order valence-corrected chi connectivity index (χ2v) is 7.88. The second-order valence-electron chi connectivity index (χ2n) is 5.92. The number of rotatable bonds is 5. The molecule has 6 nitrogen and oxygen atoms in total. The first-order valence-corrected chi connectivity index (χ1v) is 8.69. The number of benzene rings is 1. The first kappa shape index (κ1) is 17.1. The van der Waals surface area contributed by atoms with Crippen LogP contribution >= 0.6 is 0 Å². The van der Waals surface area contributed by atoms with Gasteiger partial charge < -0.3 is 15.5 Å². The van der Waals surface area contributed by atoms with Gasteiger partial charge in [-0.1, -0.05) is 26.0 Å². The van der Waals surface area contributed by atoms with E-state index >= 15 is 0 Å². The molecule has 2 rings (SSSR count). The van der Waals surface area contributed by atoms with Crippen LogP contribution in [0.2, 0.25) is 0 Å². The third-order valence-corrected chi connectivity index (χ3v) is 5.56. The number of sulfone groups is 1. The zero-order valence-corrected chi connectivity index (χ0v) is 14.1. The SMILES string of the molecule is Cc1ccc(C(C)(C)c2ccoc2)cc1S(=O)(=O)CNC(N)=O. The standard InChI is InChI=1S/C16H20N2O4S/c1-11-4-5-12(16(2,3)13-6-7-22-9-13)8-14(11)23(20,21)10-18-15(17)19/h4-9H,10H2,1-3H3,(H3,17,18,19). The number of hydrogen-bond donors (Lipinski definition) is 2. The van der Waals surface area contributed by atoms with Crippen molar-refractivity contribution in [2.45, 2.75) is 31.1 Å². The van der Waals surface area contributed by atoms with Gasteiger partial charge in [-0.25, -0.2) is 13.2 Å². The summed E-state index contributed by atoms with van der Waals surface area (Å²) in [4.78, 5) is 11.0. The molecule has 2 aromatic rings. The van der Waals surface area contributed by atoms with Crippen LogP contribution in [-0.4, -0.2) is 20.3 Å². The van der Waals surface area contributed by atoms with Crippen molar-refractivity contribution in [1.82, 2.24) is 5.32 Å². The normalized spacial score (nSPS) is 12.1. The van der Waals surface area contributed by atoms with E-state index in [9.17, 15) is 13.2 Å². The van der Waals surface area contributed by atoms with Gasteiger partial charge >= 0.3 is 6.03 Å². The number of nitrogens with two attached hydrogens (primary N) is 1. The van der Waals surface area contributed by atoms with Crippen molar-refractivity contribution < 1.29 is 17.6 Å². The fourth-order valence-corrected chi connectivity index (χ4v) is 3.71. The predicted molar refractivity (Wildman–Crippen MR) is 86.8 cm³/mol. The lowest BCUT2D eigenvalue weighted by Gasteiger charge is -2.25. The lowest BCUT2D eigenvalue weighted by atomic mass is 9.79. The van der Waals surface area contributed by atoms with Crippen molar-refractivity contribution in [1.29, 1.82) is 0 Å². The van der Waals surface area contributed by atoms with E-state index in [0.717, 1.165) is 11.1 Å². The summed E-state index contributed by atoms with van der Waals surface area (Å²) in [5.41, 5.74) is 6.93. The Hall–Kier alpha value is -2.28. The van der Waals surface area contributed by atoms with Crippen LogP contribution in [0.1, 0.15) is 30.5 Å². The van der Waals surface area contributed by atoms with Gasteiger partial charge in [0.05, 0.1) is 17.4 Å². The van der Waals surface area contributed by atoms with E-state index in [1.807, 2.05) is 26.0 Å². The number of nitrogens with one attached hydrogen (secondary N) is 1. The number of urea groups is 1. The van der Waals surface area contributed by atoms with Crippen molar-refractivity contribution in [2.75, 3.05) is 5.88 Å². The molecule has 0 unspecified atom stereocenters. The Labute approximate surface area is 135 Å². The van der Waals surface area contributed by atoms with E-state index in [0.29, 0.717) is 5.56 Å². The Kier molecular flexibility index (Phi) is 4.51. The lowest BCUT2D eigenvalue weighted by Crippen LogP contribution is -2.34. The van der Waals surface area contributed by atoms with Crippen LogP contribution in [0.25, 0.3) is 0 Å². The summed E-state index contributed by atoms with van der Waals surface area (Å²) in [7, 11) is -3.67. The van der Waals surface area contributed by atoms with Gasteiger partial charge in [0.1, 0.15) is 5.88 Å². The maximum atomic E-state index is 12.4. The molecule has 0 saturated carbocycles. The Morgan fingerprint density at radius 3 is 2.52 bits per heavy atom. The molecule has 1 aromatic heterocycles. The quantitative estimate of drug-likeness (QED) is 0.874. The number of hydrogen-bond acceptors (Lipinski definition) is 4. The zero-order valence-electron chi connectivity index (χ0n) is 13.3. The summed E-state index contributed by atoms with van der Waals surface area (Å²) in [5.74, 6) is -0.529. The average Bonchev–Trinajstić information content (AvgIpc) is 3.00. The molecular weight excluding hydrogens is 316 g/mol. The van der Waals surface area contributed by atoms with Crippen molar-refractivity contribution in [3.05, 3.63) is 53.5 Å². The lowest BCUT2D eigenvalue weighted by molar-refractivity contribution is 0.250. The van der Waals surface area contributed by atoms with Crippen LogP contribution in [0.3, 0.4) is 0 Å². The highest BCUT2D eigenvalue weighted by Crippen LogP contribution is 2.33. The minimum absolute atomic E-state index is 0.181. The van der Waals surface area contributed by atoms with Crippen LogP contribution in [0.15, 0.2) is 46.1 Å². The molecule has 0 aliphatic carbocycles. The van der Waals surface area contributed by atoms with Crippen LogP contribution in [0, 0.1) is 6.92 Å². The molecule has 23 heavy (non-hydrogen) atoms. The van der Waals surface area contributed by atoms with Crippen LogP contribution in [0.5, 0.6) is 0 Å². The van der Waals surface area contributed by atoms with E-state index in [4.69, 9.17) is 10.2 Å². The second kappa shape index (κ2) is 6.08. The molecule has 0 atom stereocenters. The molecule has 0 spiro atoms. The molecule has 1 heterocycles. The number of carbonyl (C=O) groups excluding carboxylic acids is 1. The minimum Gasteiger partial charge on any atom is -0.472 e. The molecule has 0 radical (unpaired) electrons. The average molecular weight is 336 g/mol. The number of furan rings is 1. The van der Waals surface area contributed by atoms with Gasteiger partial charge in [0.25, 0.3) is 0 Å². The van der Waals surface area contributed by atoms with Gasteiger partial charge in [0.2, 0.25) is 0 Å². The monoisotopic (exact) mass is 336 g/mol. The van der Waals surface area contributed by atoms with E-state index in [1.165, 1.54) is 0 Å². The Morgan fingerprint density at radius 2 is 1.96 bits per heavy atom. The van der Waals surface area contributed by atoms with Gasteiger partial charge in [-0.05, 0) is 30.2 Å². The van der Waals surface area contributed by atoms with Gasteiger partial charge in [-0.15, -0.1) is 0 Å². The Balaban J connectivity index is 2.46. The molecule has 1 aromatic carbocycles. The van der Waals surface area contributed by atoms with Crippen molar-refractivity contribution >= 4 is 15.9 Å². The van der Waals surface area contributed by atoms with Crippen LogP contribution < -0.4 is 11.1 Å². The summed E-state index contributed by atoms with van der Waals surface area (Å²) >= 11 is 0. The molecule has 0 aliphatic rings. The van der Waals surface area contributed by atoms with E-state index in [1.54, 1.807) is 31.6 Å². The topological polar surface area (TPSA) is 102 Å². The summed E-state index contributed by atoms with van der Waals surface area (Å²) in [6.07, 6.45) is 3.22. The molecule has 0 fully saturated rings. The molecule has 0 saturated heterocycles. The van der Waals surface area contributed by atoms with Crippen LogP contribution in [0.4, 0.5) is 4.79 Å². The fourth-order valence-electron chi connectivity index (χ4n) is 2.35. The van der Waals surface area contributed by atoms with Gasteiger partial charge in [0.15, 0.2) is 9.84 Å². The minimum atomic E-state index is -3.67. The first-order valence-electron chi connectivity index (χ1n) is 7.04. The van der Waals surface area contributed by atoms with Gasteiger partial charge in [-0.3, -0.25) is 0 Å². The number of primary amides is 1. The zero-order chi connectivity index (χ0) is 17.3. The molecule has 124 valence electrons. The molecular formula is C16H20N2O4S. The van der Waals surface area contributed by atoms with Crippen molar-refractivity contribution in [3.8, 4) is 0 Å². The molecule has 3 N–H and O–H groups in total. The summed E-state index contributed by atoms with van der Waals surface area (Å²) in [6, 6.07) is 6.27. The molecule has 2 amide bonds. The summed E-state index contributed by atoms with van der Waals surface area (Å²) in [5, 5.41) is 2.13. The molecule has 0 bridgehead atoms. The Morgan fingerprint density at radius 1 is 1.26 bits per heavy atom. The highest BCUT2D eigenvalue weighted by atomic mass is 32.2. The van der Waals surface area contributed by atoms with Gasteiger partial charge in [-0.2, -0.15) is 0 Å². The summed E-state index contributed by atoms with van der Waals surface area (Å²) in [6.45, 7) is 5.69. The van der Waals surface area contributed by atoms with Crippen LogP contribution in [-0.2, 0) is 15.3 Å². The maximum absolute atomic E-state index is 12.4. The summed E-state index contributed by atoms with van der Waals surface area (Å²) < 4.78 is 30.0. The molecule has 0 aliphatic heterocycles. The van der Waals surface area contributed by atoms with Gasteiger partial charge in [0, 0.05) is 11.0 Å².